The van der Waals surface area contributed by atoms with Crippen molar-refractivity contribution in [1.82, 2.24) is 10.3 Å². The number of aromatic amines is 1. The van der Waals surface area contributed by atoms with Crippen molar-refractivity contribution in [3.8, 4) is 0 Å². The van der Waals surface area contributed by atoms with Crippen LogP contribution in [0.2, 0.25) is 0 Å². The largest absolute Gasteiger partial charge is 0.459 e. The molecule has 0 bridgehead atoms. The number of carbonyl (C=O) groups is 4. The normalized spacial score (nSPS) is 11.3. The van der Waals surface area contributed by atoms with Gasteiger partial charge in [-0.15, -0.1) is 0 Å². The summed E-state index contributed by atoms with van der Waals surface area (Å²) in [7, 11) is 0. The van der Waals surface area contributed by atoms with Crippen molar-refractivity contribution >= 4 is 40.5 Å². The number of amides is 2. The fourth-order valence-corrected chi connectivity index (χ4v) is 4.15. The average molecular weight is 562 g/mol. The van der Waals surface area contributed by atoms with Gasteiger partial charge in [-0.05, 0) is 44.0 Å². The molecule has 0 spiro atoms. The molecule has 0 fully saturated rings. The Bertz CT molecular complexity index is 1400. The molecule has 3 N–H and O–H groups in total. The number of rotatable bonds is 12. The number of carbonyl (C=O) groups excluding carboxylic acids is 4. The molecule has 0 radical (unpaired) electrons. The van der Waals surface area contributed by atoms with Gasteiger partial charge in [0.15, 0.2) is 0 Å². The Balaban J connectivity index is 2.09. The predicted molar refractivity (Wildman–Crippen MR) is 155 cm³/mol. The van der Waals surface area contributed by atoms with Crippen molar-refractivity contribution in [1.29, 1.82) is 0 Å². The molecule has 0 unspecified atom stereocenters. The van der Waals surface area contributed by atoms with Gasteiger partial charge in [0.25, 0.3) is 0 Å². The summed E-state index contributed by atoms with van der Waals surface area (Å²) >= 11 is 0. The van der Waals surface area contributed by atoms with E-state index in [4.69, 9.17) is 14.2 Å². The molecule has 41 heavy (non-hydrogen) atoms. The highest BCUT2D eigenvalue weighted by Gasteiger charge is 2.51. The van der Waals surface area contributed by atoms with Crippen molar-refractivity contribution in [2.45, 2.75) is 44.8 Å². The molecule has 10 nitrogen and oxygen atoms in total. The number of H-pyrrole nitrogens is 1. The first-order valence-corrected chi connectivity index (χ1v) is 13.0. The third-order valence-electron chi connectivity index (χ3n) is 5.80. The second kappa shape index (κ2) is 13.5. The zero-order valence-corrected chi connectivity index (χ0v) is 23.5. The number of ether oxygens (including phenoxy) is 3. The summed E-state index contributed by atoms with van der Waals surface area (Å²) in [5, 5.41) is 5.84. The fraction of sp³-hybridized carbons (Fsp3) is 0.290. The number of hydrogen-bond acceptors (Lipinski definition) is 7. The molecule has 10 heteroatoms. The minimum Gasteiger partial charge on any atom is -0.459 e. The maximum absolute atomic E-state index is 13.6. The van der Waals surface area contributed by atoms with Crippen molar-refractivity contribution in [3.63, 3.8) is 0 Å². The molecule has 1 heterocycles. The molecular formula is C31H35N3O7. The third kappa shape index (κ3) is 8.07. The zero-order valence-electron chi connectivity index (χ0n) is 23.5. The van der Waals surface area contributed by atoms with Gasteiger partial charge >= 0.3 is 18.0 Å². The van der Waals surface area contributed by atoms with Gasteiger partial charge < -0.3 is 24.5 Å². The Morgan fingerprint density at radius 3 is 2.12 bits per heavy atom. The first kappa shape index (κ1) is 30.7. The number of esters is 2. The fourth-order valence-electron chi connectivity index (χ4n) is 4.15. The van der Waals surface area contributed by atoms with E-state index in [1.54, 1.807) is 69.4 Å². The van der Waals surface area contributed by atoms with Crippen LogP contribution in [0, 0.1) is 0 Å². The smallest absolute Gasteiger partial charge is 0.412 e. The van der Waals surface area contributed by atoms with Crippen molar-refractivity contribution in [2.75, 3.05) is 18.5 Å². The molecular weight excluding hydrogens is 526 g/mol. The lowest BCUT2D eigenvalue weighted by Gasteiger charge is -2.30. The standard InChI is InChI=1S/C31H35N3O7/c1-6-16-39-27(36)31(28(37)40-17-7-2,34-25(35)18-21-12-9-8-10-13-21)19-22-20-32-23-14-11-15-24(26(22)23)33-29(38)41-30(3,4)5/h6-15,20,32H,1-2,16-19H2,3-5H3,(H,33,38)(H,34,35). The highest BCUT2D eigenvalue weighted by molar-refractivity contribution is 6.09. The van der Waals surface area contributed by atoms with Crippen LogP contribution in [0.1, 0.15) is 31.9 Å². The molecule has 0 saturated carbocycles. The van der Waals surface area contributed by atoms with Crippen molar-refractivity contribution in [2.24, 2.45) is 0 Å². The van der Waals surface area contributed by atoms with E-state index in [0.717, 1.165) is 0 Å². The van der Waals surface area contributed by atoms with Crippen molar-refractivity contribution in [3.05, 3.63) is 91.2 Å². The summed E-state index contributed by atoms with van der Waals surface area (Å²) in [5.74, 6) is -2.66. The van der Waals surface area contributed by atoms with Gasteiger partial charge in [-0.1, -0.05) is 61.7 Å². The minimum atomic E-state index is -2.27. The van der Waals surface area contributed by atoms with Crippen LogP contribution in [-0.4, -0.2) is 53.3 Å². The topological polar surface area (TPSA) is 136 Å². The monoisotopic (exact) mass is 561 g/mol. The Kier molecular flexibility index (Phi) is 10.1. The van der Waals surface area contributed by atoms with E-state index in [0.29, 0.717) is 27.7 Å². The first-order chi connectivity index (χ1) is 19.5. The summed E-state index contributed by atoms with van der Waals surface area (Å²) in [6, 6.07) is 14.0. The molecule has 0 aliphatic heterocycles. The maximum atomic E-state index is 13.6. The lowest BCUT2D eigenvalue weighted by molar-refractivity contribution is -0.167. The summed E-state index contributed by atoms with van der Waals surface area (Å²) in [6.07, 6.45) is 3.13. The van der Waals surface area contributed by atoms with Crippen LogP contribution in [0.5, 0.6) is 0 Å². The molecule has 3 aromatic rings. The number of hydrogen-bond donors (Lipinski definition) is 3. The van der Waals surface area contributed by atoms with Gasteiger partial charge in [0.2, 0.25) is 11.4 Å². The van der Waals surface area contributed by atoms with Gasteiger partial charge in [0, 0.05) is 23.5 Å². The summed E-state index contributed by atoms with van der Waals surface area (Å²) in [6.45, 7) is 11.9. The summed E-state index contributed by atoms with van der Waals surface area (Å²) in [4.78, 5) is 56.1. The van der Waals surface area contributed by atoms with E-state index in [1.165, 1.54) is 12.2 Å². The Morgan fingerprint density at radius 1 is 0.902 bits per heavy atom. The van der Waals surface area contributed by atoms with Gasteiger partial charge in [-0.25, -0.2) is 14.4 Å². The number of benzene rings is 2. The van der Waals surface area contributed by atoms with E-state index < -0.39 is 35.1 Å². The van der Waals surface area contributed by atoms with Crippen LogP contribution in [-0.2, 0) is 41.4 Å². The van der Waals surface area contributed by atoms with Crippen LogP contribution in [0.3, 0.4) is 0 Å². The SMILES string of the molecule is C=CCOC(=O)C(Cc1c[nH]c2cccc(NC(=O)OC(C)(C)C)c12)(NC(=O)Cc1ccccc1)C(=O)OCC=C. The van der Waals surface area contributed by atoms with E-state index in [2.05, 4.69) is 28.8 Å². The van der Waals surface area contributed by atoms with Gasteiger partial charge in [0.1, 0.15) is 18.8 Å². The van der Waals surface area contributed by atoms with Crippen molar-refractivity contribution < 1.29 is 33.4 Å². The lowest BCUT2D eigenvalue weighted by atomic mass is 9.89. The number of nitrogens with one attached hydrogen (secondary N) is 3. The number of anilines is 1. The predicted octanol–water partition coefficient (Wildman–Crippen LogP) is 4.61. The summed E-state index contributed by atoms with van der Waals surface area (Å²) in [5.41, 5.74) is -0.924. The van der Waals surface area contributed by atoms with Gasteiger partial charge in [0.05, 0.1) is 12.1 Å². The molecule has 0 aliphatic carbocycles. The average Bonchev–Trinajstić information content (AvgIpc) is 3.32. The van der Waals surface area contributed by atoms with E-state index in [-0.39, 0.29) is 26.1 Å². The quantitative estimate of drug-likeness (QED) is 0.127. The van der Waals surface area contributed by atoms with Gasteiger partial charge in [-0.3, -0.25) is 10.1 Å². The highest BCUT2D eigenvalue weighted by atomic mass is 16.6. The van der Waals surface area contributed by atoms with Crippen LogP contribution >= 0.6 is 0 Å². The minimum absolute atomic E-state index is 0.106. The molecule has 1 aromatic heterocycles. The molecule has 3 rings (SSSR count). The number of aromatic nitrogens is 1. The Morgan fingerprint density at radius 2 is 1.54 bits per heavy atom. The molecule has 0 aliphatic rings. The third-order valence-corrected chi connectivity index (χ3v) is 5.80. The zero-order chi connectivity index (χ0) is 30.0. The second-order valence-electron chi connectivity index (χ2n) is 10.2. The highest BCUT2D eigenvalue weighted by Crippen LogP contribution is 2.31. The molecule has 0 saturated heterocycles. The Labute approximate surface area is 238 Å². The van der Waals surface area contributed by atoms with Crippen LogP contribution < -0.4 is 10.6 Å². The van der Waals surface area contributed by atoms with E-state index in [1.807, 2.05) is 6.07 Å². The molecule has 2 aromatic carbocycles. The van der Waals surface area contributed by atoms with E-state index in [9.17, 15) is 19.2 Å². The second-order valence-corrected chi connectivity index (χ2v) is 10.2. The number of fused-ring (bicyclic) bond motifs is 1. The lowest BCUT2D eigenvalue weighted by Crippen LogP contribution is -2.63. The Hall–Kier alpha value is -4.86. The van der Waals surface area contributed by atoms with Crippen LogP contribution in [0.4, 0.5) is 10.5 Å². The van der Waals surface area contributed by atoms with E-state index >= 15 is 0 Å². The maximum Gasteiger partial charge on any atom is 0.412 e. The first-order valence-electron chi connectivity index (χ1n) is 13.0. The summed E-state index contributed by atoms with van der Waals surface area (Å²) < 4.78 is 16.0. The molecule has 2 amide bonds. The van der Waals surface area contributed by atoms with Gasteiger partial charge in [-0.2, -0.15) is 0 Å². The molecule has 216 valence electrons. The molecule has 0 atom stereocenters. The van der Waals surface area contributed by atoms with Crippen LogP contribution in [0.25, 0.3) is 10.9 Å². The van der Waals surface area contributed by atoms with Crippen LogP contribution in [0.15, 0.2) is 80.0 Å².